The number of hydrogen-bond acceptors (Lipinski definition) is 2. The van der Waals surface area contributed by atoms with Crippen molar-refractivity contribution in [2.75, 3.05) is 0 Å². The Bertz CT molecular complexity index is 1620. The second kappa shape index (κ2) is 16.0. The molecule has 2 aromatic heterocycles. The average molecular weight is 713 g/mol. The molecule has 0 unspecified atom stereocenters. The van der Waals surface area contributed by atoms with Crippen LogP contribution in [-0.4, -0.2) is 9.97 Å². The van der Waals surface area contributed by atoms with Crippen LogP contribution in [0, 0.1) is 12.1 Å². The summed E-state index contributed by atoms with van der Waals surface area (Å²) in [6.07, 6.45) is 13.0. The first-order valence-corrected chi connectivity index (χ1v) is 14.5. The Kier molecular flexibility index (Phi) is 11.8. The van der Waals surface area contributed by atoms with Crippen molar-refractivity contribution in [2.45, 2.75) is 51.9 Å². The van der Waals surface area contributed by atoms with Crippen molar-refractivity contribution >= 4 is 21.5 Å². The molecule has 2 nitrogen and oxygen atoms in total. The van der Waals surface area contributed by atoms with Crippen molar-refractivity contribution in [3.63, 3.8) is 0 Å². The number of unbranched alkanes of at least 4 members (excludes halogenated alkanes) is 5. The summed E-state index contributed by atoms with van der Waals surface area (Å²) in [6, 6.07) is 41.9. The predicted octanol–water partition coefficient (Wildman–Crippen LogP) is 10.3. The van der Waals surface area contributed by atoms with E-state index < -0.39 is 0 Å². The zero-order valence-electron chi connectivity index (χ0n) is 23.6. The van der Waals surface area contributed by atoms with E-state index >= 15 is 0 Å². The minimum absolute atomic E-state index is 0. The van der Waals surface area contributed by atoms with Gasteiger partial charge in [-0.2, -0.15) is 0 Å². The Morgan fingerprint density at radius 3 is 1.73 bits per heavy atom. The van der Waals surface area contributed by atoms with Crippen LogP contribution in [-0.2, 0) is 26.5 Å². The average Bonchev–Trinajstić information content (AvgIpc) is 3.03. The van der Waals surface area contributed by atoms with Crippen LogP contribution >= 0.6 is 0 Å². The summed E-state index contributed by atoms with van der Waals surface area (Å²) in [7, 11) is 0. The molecule has 0 saturated carbocycles. The Hall–Kier alpha value is -3.65. The quantitative estimate of drug-likeness (QED) is 0.110. The summed E-state index contributed by atoms with van der Waals surface area (Å²) < 4.78 is 0. The molecule has 4 aromatic carbocycles. The van der Waals surface area contributed by atoms with Crippen LogP contribution in [0.15, 0.2) is 116 Å². The van der Waals surface area contributed by atoms with Gasteiger partial charge < -0.3 is 9.97 Å². The van der Waals surface area contributed by atoms with Crippen molar-refractivity contribution in [2.24, 2.45) is 0 Å². The molecule has 0 aliphatic carbocycles. The van der Waals surface area contributed by atoms with Gasteiger partial charge in [-0.15, -0.1) is 71.3 Å². The summed E-state index contributed by atoms with van der Waals surface area (Å²) in [5, 5.41) is 4.81. The van der Waals surface area contributed by atoms with Gasteiger partial charge in [-0.1, -0.05) is 100 Å². The number of nitrogens with zero attached hydrogens (tertiary/aromatic N) is 2. The zero-order valence-corrected chi connectivity index (χ0v) is 26.0. The van der Waals surface area contributed by atoms with Crippen molar-refractivity contribution in [1.29, 1.82) is 0 Å². The standard InChI is InChI=1S/C23H26N.C15H10N.Ir/c1-2-3-4-5-6-7-10-19-13-15-21(16-14-19)23-22-12-9-8-11-20(22)17-18-24-23;1-2-7-13(8-3-1)15-14-9-5-4-6-12(14)10-11-16-15;/h8-9,11-15,17-18H,2-7,10H2,1H3;1-7,9-11H;/q2*-1;. The summed E-state index contributed by atoms with van der Waals surface area (Å²) in [4.78, 5) is 9.03. The van der Waals surface area contributed by atoms with Crippen molar-refractivity contribution in [1.82, 2.24) is 9.97 Å². The molecule has 0 atom stereocenters. The van der Waals surface area contributed by atoms with Crippen LogP contribution in [0.1, 0.15) is 51.0 Å². The summed E-state index contributed by atoms with van der Waals surface area (Å²) in [5.41, 5.74) is 5.53. The van der Waals surface area contributed by atoms with Gasteiger partial charge in [0.2, 0.25) is 0 Å². The predicted molar refractivity (Wildman–Crippen MR) is 169 cm³/mol. The van der Waals surface area contributed by atoms with Crippen LogP contribution in [0.25, 0.3) is 44.1 Å². The minimum atomic E-state index is 0. The molecule has 0 aliphatic heterocycles. The number of rotatable bonds is 9. The van der Waals surface area contributed by atoms with Gasteiger partial charge in [-0.05, 0) is 45.1 Å². The van der Waals surface area contributed by atoms with E-state index in [2.05, 4.69) is 89.7 Å². The smallest absolute Gasteiger partial charge is 0.0167 e. The van der Waals surface area contributed by atoms with Gasteiger partial charge >= 0.3 is 0 Å². The molecule has 1 radical (unpaired) electrons. The molecule has 0 aliphatic rings. The second-order valence-corrected chi connectivity index (χ2v) is 10.2. The van der Waals surface area contributed by atoms with E-state index in [1.807, 2.05) is 54.9 Å². The summed E-state index contributed by atoms with van der Waals surface area (Å²) in [5.74, 6) is 0. The fourth-order valence-electron chi connectivity index (χ4n) is 5.08. The first-order chi connectivity index (χ1) is 19.8. The van der Waals surface area contributed by atoms with E-state index in [0.717, 1.165) is 28.9 Å². The molecule has 0 fully saturated rings. The third-order valence-corrected chi connectivity index (χ3v) is 7.26. The fourth-order valence-corrected chi connectivity index (χ4v) is 5.08. The monoisotopic (exact) mass is 713 g/mol. The van der Waals surface area contributed by atoms with Gasteiger partial charge in [0.25, 0.3) is 0 Å². The van der Waals surface area contributed by atoms with Gasteiger partial charge in [0.15, 0.2) is 0 Å². The molecule has 0 bridgehead atoms. The van der Waals surface area contributed by atoms with E-state index in [0.29, 0.717) is 0 Å². The van der Waals surface area contributed by atoms with Crippen molar-refractivity contribution < 1.29 is 20.1 Å². The van der Waals surface area contributed by atoms with E-state index in [4.69, 9.17) is 0 Å². The first kappa shape index (κ1) is 30.3. The van der Waals surface area contributed by atoms with Crippen molar-refractivity contribution in [3.05, 3.63) is 133 Å². The topological polar surface area (TPSA) is 25.8 Å². The Labute approximate surface area is 258 Å². The van der Waals surface area contributed by atoms with E-state index in [9.17, 15) is 0 Å². The molecule has 2 heterocycles. The molecule has 41 heavy (non-hydrogen) atoms. The van der Waals surface area contributed by atoms with E-state index in [-0.39, 0.29) is 20.1 Å². The van der Waals surface area contributed by atoms with Gasteiger partial charge in [-0.3, -0.25) is 0 Å². The first-order valence-electron chi connectivity index (χ1n) is 14.5. The SMILES string of the molecule is CCCCCCCCc1c[c-]c(-c2nccc3ccccc23)cc1.[Ir].[c-]1ccccc1-c1nccc2ccccc12. The number of benzene rings is 4. The number of fused-ring (bicyclic) bond motifs is 2. The molecule has 0 N–H and O–H groups in total. The number of aryl methyl sites for hydroxylation is 1. The molecular weight excluding hydrogens is 677 g/mol. The molecule has 209 valence electrons. The maximum atomic E-state index is 4.58. The maximum Gasteiger partial charge on any atom is 0.0167 e. The van der Waals surface area contributed by atoms with Gasteiger partial charge in [0.05, 0.1) is 0 Å². The molecule has 0 amide bonds. The van der Waals surface area contributed by atoms with Crippen LogP contribution in [0.5, 0.6) is 0 Å². The third-order valence-electron chi connectivity index (χ3n) is 7.26. The Morgan fingerprint density at radius 1 is 0.561 bits per heavy atom. The summed E-state index contributed by atoms with van der Waals surface area (Å²) >= 11 is 0. The van der Waals surface area contributed by atoms with Gasteiger partial charge in [0.1, 0.15) is 0 Å². The van der Waals surface area contributed by atoms with Crippen LogP contribution in [0.2, 0.25) is 0 Å². The fraction of sp³-hybridized carbons (Fsp3) is 0.211. The normalized spacial score (nSPS) is 10.6. The maximum absolute atomic E-state index is 4.58. The molecular formula is C38H36IrN2-2. The van der Waals surface area contributed by atoms with E-state index in [1.54, 1.807) is 0 Å². The molecule has 6 rings (SSSR count). The number of pyridine rings is 2. The zero-order chi connectivity index (χ0) is 27.4. The number of aromatic nitrogens is 2. The minimum Gasteiger partial charge on any atom is -0.304 e. The molecule has 6 aromatic rings. The molecule has 3 heteroatoms. The molecule has 0 spiro atoms. The van der Waals surface area contributed by atoms with Crippen molar-refractivity contribution in [3.8, 4) is 22.5 Å². The Balaban J connectivity index is 0.000000198. The van der Waals surface area contributed by atoms with Gasteiger partial charge in [-0.25, -0.2) is 0 Å². The van der Waals surface area contributed by atoms with Crippen LogP contribution in [0.3, 0.4) is 0 Å². The summed E-state index contributed by atoms with van der Waals surface area (Å²) in [6.45, 7) is 2.27. The van der Waals surface area contributed by atoms with Crippen LogP contribution < -0.4 is 0 Å². The van der Waals surface area contributed by atoms with Gasteiger partial charge in [0, 0.05) is 32.5 Å². The Morgan fingerprint density at radius 2 is 1.15 bits per heavy atom. The third kappa shape index (κ3) is 8.19. The van der Waals surface area contributed by atoms with Crippen LogP contribution in [0.4, 0.5) is 0 Å². The second-order valence-electron chi connectivity index (χ2n) is 10.2. The largest absolute Gasteiger partial charge is 0.304 e. The molecule has 0 saturated heterocycles. The number of hydrogen-bond donors (Lipinski definition) is 0. The van der Waals surface area contributed by atoms with E-state index in [1.165, 1.54) is 65.6 Å².